The van der Waals surface area contributed by atoms with Crippen molar-refractivity contribution in [3.63, 3.8) is 0 Å². The summed E-state index contributed by atoms with van der Waals surface area (Å²) in [4.78, 5) is 22.3. The number of ketones is 1. The van der Waals surface area contributed by atoms with Crippen LogP contribution in [-0.2, 0) is 19.1 Å². The van der Waals surface area contributed by atoms with Gasteiger partial charge in [-0.15, -0.1) is 0 Å². The van der Waals surface area contributed by atoms with Gasteiger partial charge in [0.2, 0.25) is 0 Å². The molecule has 1 saturated heterocycles. The number of carboxylic acid groups (broad SMARTS) is 1. The third kappa shape index (κ3) is 7.35. The zero-order valence-electron chi connectivity index (χ0n) is 12.8. The molecule has 0 saturated carbocycles. The molecule has 1 fully saturated rings. The van der Waals surface area contributed by atoms with Gasteiger partial charge in [-0.25, -0.2) is 4.79 Å². The number of ether oxygens (including phenoxy) is 2. The Kier molecular flexibility index (Phi) is 8.68. The normalized spacial score (nSPS) is 17.8. The van der Waals surface area contributed by atoms with E-state index >= 15 is 0 Å². The van der Waals surface area contributed by atoms with Crippen molar-refractivity contribution in [3.8, 4) is 0 Å². The van der Waals surface area contributed by atoms with Gasteiger partial charge in [0.05, 0.1) is 0 Å². The second-order valence-corrected chi connectivity index (χ2v) is 5.25. The Morgan fingerprint density at radius 2 is 1.92 bits per heavy atom. The molecule has 1 atom stereocenters. The van der Waals surface area contributed by atoms with Crippen molar-refractivity contribution in [1.82, 2.24) is 0 Å². The van der Waals surface area contributed by atoms with Crippen molar-refractivity contribution in [2.24, 2.45) is 0 Å². The van der Waals surface area contributed by atoms with Gasteiger partial charge in [-0.05, 0) is 48.6 Å². The zero-order chi connectivity index (χ0) is 16.5. The number of carbonyl (C=O) groups excluding carboxylic acids is 1. The molecule has 1 aliphatic rings. The van der Waals surface area contributed by atoms with Gasteiger partial charge in [-0.3, -0.25) is 4.79 Å². The zero-order valence-corrected chi connectivity index (χ0v) is 12.8. The van der Waals surface area contributed by atoms with E-state index in [1.54, 1.807) is 24.3 Å². The van der Waals surface area contributed by atoms with Gasteiger partial charge < -0.3 is 14.6 Å². The van der Waals surface area contributed by atoms with E-state index in [0.29, 0.717) is 6.61 Å². The standard InChI is InChI=1S/C18H20O5.CH4/c19-16(13-23-18-6-1-2-11-22-18)9-7-14-4-3-5-15(12-14)8-10-17(20)21;/h3-5,7-10,12,18H,1-2,6,11,13H2,(H,20,21);1H4/b9-7+,10-8+;. The van der Waals surface area contributed by atoms with Crippen molar-refractivity contribution in [3.05, 3.63) is 47.5 Å². The molecule has 0 spiro atoms. The third-order valence-corrected chi connectivity index (χ3v) is 3.34. The summed E-state index contributed by atoms with van der Waals surface area (Å²) in [6.07, 6.45) is 8.39. The Bertz CT molecular complexity index is 598. The van der Waals surface area contributed by atoms with E-state index in [-0.39, 0.29) is 26.1 Å². The van der Waals surface area contributed by atoms with E-state index in [1.165, 1.54) is 12.2 Å². The Hall–Kier alpha value is -2.24. The summed E-state index contributed by atoms with van der Waals surface area (Å²) in [7, 11) is 0. The van der Waals surface area contributed by atoms with E-state index in [2.05, 4.69) is 0 Å². The van der Waals surface area contributed by atoms with E-state index in [4.69, 9.17) is 14.6 Å². The predicted octanol–water partition coefficient (Wildman–Crippen LogP) is 3.55. The lowest BCUT2D eigenvalue weighted by Crippen LogP contribution is -2.24. The van der Waals surface area contributed by atoms with Crippen molar-refractivity contribution in [2.45, 2.75) is 33.0 Å². The minimum Gasteiger partial charge on any atom is -0.478 e. The first-order chi connectivity index (χ1) is 11.1. The summed E-state index contributed by atoms with van der Waals surface area (Å²) in [5.74, 6) is -1.13. The molecule has 0 amide bonds. The first-order valence-electron chi connectivity index (χ1n) is 7.59. The number of rotatable bonds is 7. The topological polar surface area (TPSA) is 72.8 Å². The summed E-state index contributed by atoms with van der Waals surface area (Å²) in [6, 6.07) is 7.24. The van der Waals surface area contributed by atoms with Crippen LogP contribution in [-0.4, -0.2) is 36.4 Å². The largest absolute Gasteiger partial charge is 0.478 e. The highest BCUT2D eigenvalue weighted by Gasteiger charge is 2.14. The maximum absolute atomic E-state index is 11.8. The Morgan fingerprint density at radius 1 is 1.21 bits per heavy atom. The summed E-state index contributed by atoms with van der Waals surface area (Å²) < 4.78 is 10.8. The van der Waals surface area contributed by atoms with Gasteiger partial charge in [0, 0.05) is 12.7 Å². The highest BCUT2D eigenvalue weighted by atomic mass is 16.7. The maximum Gasteiger partial charge on any atom is 0.328 e. The van der Waals surface area contributed by atoms with Crippen molar-refractivity contribution in [2.75, 3.05) is 13.2 Å². The molecule has 1 aromatic rings. The minimum absolute atomic E-state index is 0. The number of carbonyl (C=O) groups is 2. The molecule has 0 radical (unpaired) electrons. The molecule has 0 aromatic heterocycles. The monoisotopic (exact) mass is 332 g/mol. The molecule has 1 unspecified atom stereocenters. The number of hydrogen-bond acceptors (Lipinski definition) is 4. The molecule has 0 aliphatic carbocycles. The summed E-state index contributed by atoms with van der Waals surface area (Å²) in [5.41, 5.74) is 1.58. The molecule has 1 heterocycles. The fourth-order valence-electron chi connectivity index (χ4n) is 2.19. The van der Waals surface area contributed by atoms with Crippen LogP contribution < -0.4 is 0 Å². The number of hydrogen-bond donors (Lipinski definition) is 1. The highest BCUT2D eigenvalue weighted by molar-refractivity contribution is 5.94. The molecule has 0 bridgehead atoms. The van der Waals surface area contributed by atoms with Crippen LogP contribution in [0.1, 0.15) is 37.8 Å². The Labute approximate surface area is 142 Å². The molecule has 1 aliphatic heterocycles. The van der Waals surface area contributed by atoms with Gasteiger partial charge >= 0.3 is 5.97 Å². The molecule has 5 nitrogen and oxygen atoms in total. The third-order valence-electron chi connectivity index (χ3n) is 3.34. The molecule has 1 N–H and O–H groups in total. The molecule has 24 heavy (non-hydrogen) atoms. The molecule has 1 aromatic carbocycles. The lowest BCUT2D eigenvalue weighted by Gasteiger charge is -2.21. The summed E-state index contributed by atoms with van der Waals surface area (Å²) in [5, 5.41) is 8.62. The van der Waals surface area contributed by atoms with Gasteiger partial charge in [-0.1, -0.05) is 31.7 Å². The maximum atomic E-state index is 11.8. The first kappa shape index (κ1) is 19.8. The quantitative estimate of drug-likeness (QED) is 0.773. The smallest absolute Gasteiger partial charge is 0.328 e. The van der Waals surface area contributed by atoms with E-state index in [9.17, 15) is 9.59 Å². The van der Waals surface area contributed by atoms with Crippen LogP contribution in [0.15, 0.2) is 36.4 Å². The Balaban J connectivity index is 0.00000288. The van der Waals surface area contributed by atoms with Gasteiger partial charge in [-0.2, -0.15) is 0 Å². The van der Waals surface area contributed by atoms with Gasteiger partial charge in [0.15, 0.2) is 12.1 Å². The molecular formula is C19H24O5. The van der Waals surface area contributed by atoms with Crippen LogP contribution in [0.5, 0.6) is 0 Å². The number of aliphatic carboxylic acids is 1. The molecular weight excluding hydrogens is 308 g/mol. The van der Waals surface area contributed by atoms with Crippen LogP contribution in [0.4, 0.5) is 0 Å². The van der Waals surface area contributed by atoms with E-state index in [1.807, 2.05) is 6.07 Å². The predicted molar refractivity (Wildman–Crippen MR) is 93.4 cm³/mol. The van der Waals surface area contributed by atoms with Crippen LogP contribution in [0.2, 0.25) is 0 Å². The fourth-order valence-corrected chi connectivity index (χ4v) is 2.19. The lowest BCUT2D eigenvalue weighted by atomic mass is 10.1. The summed E-state index contributed by atoms with van der Waals surface area (Å²) in [6.45, 7) is 0.686. The lowest BCUT2D eigenvalue weighted by molar-refractivity contribution is -0.167. The van der Waals surface area contributed by atoms with E-state index in [0.717, 1.165) is 36.5 Å². The second-order valence-electron chi connectivity index (χ2n) is 5.25. The van der Waals surface area contributed by atoms with E-state index < -0.39 is 5.97 Å². The van der Waals surface area contributed by atoms with Crippen LogP contribution >= 0.6 is 0 Å². The van der Waals surface area contributed by atoms with Crippen molar-refractivity contribution < 1.29 is 24.2 Å². The summed E-state index contributed by atoms with van der Waals surface area (Å²) >= 11 is 0. The average molecular weight is 332 g/mol. The van der Waals surface area contributed by atoms with Gasteiger partial charge in [0.1, 0.15) is 6.61 Å². The average Bonchev–Trinajstić information content (AvgIpc) is 2.57. The minimum atomic E-state index is -0.997. The first-order valence-corrected chi connectivity index (χ1v) is 7.59. The molecule has 2 rings (SSSR count). The van der Waals surface area contributed by atoms with Crippen LogP contribution in [0.3, 0.4) is 0 Å². The molecule has 5 heteroatoms. The van der Waals surface area contributed by atoms with Crippen LogP contribution in [0.25, 0.3) is 12.2 Å². The highest BCUT2D eigenvalue weighted by Crippen LogP contribution is 2.13. The van der Waals surface area contributed by atoms with Crippen molar-refractivity contribution >= 4 is 23.9 Å². The van der Waals surface area contributed by atoms with Crippen LogP contribution in [0, 0.1) is 0 Å². The SMILES string of the molecule is C.O=C(O)/C=C/c1cccc(/C=C/C(=O)COC2CCCCO2)c1. The fraction of sp³-hybridized carbons (Fsp3) is 0.368. The molecule has 130 valence electrons. The van der Waals surface area contributed by atoms with Crippen molar-refractivity contribution in [1.29, 1.82) is 0 Å². The number of benzene rings is 1. The van der Waals surface area contributed by atoms with Gasteiger partial charge in [0.25, 0.3) is 0 Å². The Morgan fingerprint density at radius 3 is 2.54 bits per heavy atom. The number of carboxylic acids is 1. The second kappa shape index (κ2) is 10.5.